The van der Waals surface area contributed by atoms with Crippen LogP contribution in [0.5, 0.6) is 0 Å². The Balaban J connectivity index is 1.91. The first-order valence-corrected chi connectivity index (χ1v) is 10.9. The molecule has 1 aromatic carbocycles. The summed E-state index contributed by atoms with van der Waals surface area (Å²) in [4.78, 5) is 26.8. The molecule has 0 radical (unpaired) electrons. The normalized spacial score (nSPS) is 16.6. The van der Waals surface area contributed by atoms with E-state index in [1.54, 1.807) is 4.90 Å². The highest BCUT2D eigenvalue weighted by Gasteiger charge is 2.31. The van der Waals surface area contributed by atoms with Crippen molar-refractivity contribution in [2.75, 3.05) is 52.4 Å². The molecule has 0 bridgehead atoms. The third kappa shape index (κ3) is 5.73. The van der Waals surface area contributed by atoms with E-state index in [-0.39, 0.29) is 56.0 Å². The van der Waals surface area contributed by atoms with Crippen LogP contribution in [0.4, 0.5) is 4.39 Å². The molecule has 8 nitrogen and oxygen atoms in total. The fourth-order valence-electron chi connectivity index (χ4n) is 3.06. The quantitative estimate of drug-likeness (QED) is 0.552. The van der Waals surface area contributed by atoms with Gasteiger partial charge in [-0.1, -0.05) is 0 Å². The lowest BCUT2D eigenvalue weighted by molar-refractivity contribution is -0.882. The van der Waals surface area contributed by atoms with Crippen molar-refractivity contribution in [2.24, 2.45) is 0 Å². The summed E-state index contributed by atoms with van der Waals surface area (Å²) in [5.41, 5.74) is 0. The molecule has 0 aromatic heterocycles. The van der Waals surface area contributed by atoms with Crippen LogP contribution in [0.1, 0.15) is 13.8 Å². The molecule has 2 rings (SSSR count). The minimum absolute atomic E-state index is 0.0391. The van der Waals surface area contributed by atoms with Gasteiger partial charge in [0.05, 0.1) is 11.4 Å². The van der Waals surface area contributed by atoms with Crippen LogP contribution in [0, 0.1) is 5.82 Å². The largest absolute Gasteiger partial charge is 0.351 e. The summed E-state index contributed by atoms with van der Waals surface area (Å²) < 4.78 is 39.6. The van der Waals surface area contributed by atoms with Crippen molar-refractivity contribution in [1.29, 1.82) is 0 Å². The molecule has 1 fully saturated rings. The van der Waals surface area contributed by atoms with E-state index >= 15 is 0 Å². The summed E-state index contributed by atoms with van der Waals surface area (Å²) >= 11 is 0. The second-order valence-corrected chi connectivity index (χ2v) is 8.59. The van der Waals surface area contributed by atoms with Crippen LogP contribution in [0.15, 0.2) is 29.2 Å². The first kappa shape index (κ1) is 22.3. The van der Waals surface area contributed by atoms with Gasteiger partial charge in [0.2, 0.25) is 10.0 Å². The second kappa shape index (κ2) is 9.94. The summed E-state index contributed by atoms with van der Waals surface area (Å²) in [6, 6.07) is 4.71. The van der Waals surface area contributed by atoms with Crippen LogP contribution in [0.25, 0.3) is 0 Å². The van der Waals surface area contributed by atoms with Crippen LogP contribution in [-0.2, 0) is 19.6 Å². The van der Waals surface area contributed by atoms with E-state index in [4.69, 9.17) is 0 Å². The number of amides is 2. The minimum Gasteiger partial charge on any atom is -0.351 e. The first-order valence-electron chi connectivity index (χ1n) is 9.41. The number of hydrogen-bond donors (Lipinski definition) is 2. The Hall–Kier alpha value is -2.04. The molecule has 2 amide bonds. The van der Waals surface area contributed by atoms with Crippen molar-refractivity contribution >= 4 is 21.8 Å². The number of piperazine rings is 1. The van der Waals surface area contributed by atoms with Gasteiger partial charge in [-0.05, 0) is 38.1 Å². The first-order chi connectivity index (χ1) is 13.3. The molecule has 1 aliphatic heterocycles. The van der Waals surface area contributed by atoms with Gasteiger partial charge in [0, 0.05) is 32.7 Å². The maximum Gasteiger partial charge on any atom is 0.277 e. The highest BCUT2D eigenvalue weighted by molar-refractivity contribution is 7.89. The van der Waals surface area contributed by atoms with Gasteiger partial charge in [-0.25, -0.2) is 12.8 Å². The highest BCUT2D eigenvalue weighted by atomic mass is 32.2. The predicted octanol–water partition coefficient (Wildman–Crippen LogP) is -1.30. The maximum absolute atomic E-state index is 13.0. The van der Waals surface area contributed by atoms with E-state index in [1.165, 1.54) is 16.4 Å². The number of hydrogen-bond acceptors (Lipinski definition) is 4. The van der Waals surface area contributed by atoms with E-state index in [0.717, 1.165) is 17.0 Å². The topological polar surface area (TPSA) is 91.2 Å². The zero-order chi connectivity index (χ0) is 20.7. The van der Waals surface area contributed by atoms with Crippen molar-refractivity contribution in [3.63, 3.8) is 0 Å². The number of sulfonamides is 1. The Morgan fingerprint density at radius 2 is 1.68 bits per heavy atom. The molecular formula is C18H28FN4O4S+. The molecular weight excluding hydrogens is 387 g/mol. The van der Waals surface area contributed by atoms with Gasteiger partial charge in [-0.2, -0.15) is 4.31 Å². The van der Waals surface area contributed by atoms with E-state index < -0.39 is 15.8 Å². The Labute approximate surface area is 165 Å². The fourth-order valence-corrected chi connectivity index (χ4v) is 4.48. The number of carbonyl (C=O) groups is 2. The Morgan fingerprint density at radius 1 is 1.07 bits per heavy atom. The van der Waals surface area contributed by atoms with Gasteiger partial charge in [0.1, 0.15) is 5.82 Å². The number of benzene rings is 1. The molecule has 1 unspecified atom stereocenters. The fraction of sp³-hybridized carbons (Fsp3) is 0.556. The molecule has 1 heterocycles. The Kier molecular flexibility index (Phi) is 7.90. The van der Waals surface area contributed by atoms with Gasteiger partial charge in [0.25, 0.3) is 11.8 Å². The molecule has 10 heteroatoms. The lowest BCUT2D eigenvalue weighted by Gasteiger charge is -2.34. The summed E-state index contributed by atoms with van der Waals surface area (Å²) in [7, 11) is -3.71. The van der Waals surface area contributed by atoms with E-state index in [2.05, 4.69) is 5.32 Å². The molecule has 1 aliphatic rings. The maximum atomic E-state index is 13.0. The van der Waals surface area contributed by atoms with Gasteiger partial charge < -0.3 is 15.1 Å². The van der Waals surface area contributed by atoms with Gasteiger partial charge >= 0.3 is 0 Å². The number of rotatable bonds is 8. The number of nitrogens with zero attached hydrogens (tertiary/aromatic N) is 2. The zero-order valence-corrected chi connectivity index (χ0v) is 17.1. The zero-order valence-electron chi connectivity index (χ0n) is 16.3. The van der Waals surface area contributed by atoms with Gasteiger partial charge in [-0.3, -0.25) is 9.59 Å². The summed E-state index contributed by atoms with van der Waals surface area (Å²) in [5, 5.41) is 2.72. The molecule has 0 spiro atoms. The predicted molar refractivity (Wildman–Crippen MR) is 102 cm³/mol. The number of carbonyl (C=O) groups excluding carboxylic acids is 2. The average molecular weight is 416 g/mol. The molecule has 28 heavy (non-hydrogen) atoms. The Bertz CT molecular complexity index is 777. The lowest BCUT2D eigenvalue weighted by atomic mass is 10.3. The number of nitrogens with one attached hydrogen (secondary N) is 2. The van der Waals surface area contributed by atoms with Crippen molar-refractivity contribution < 1.29 is 27.3 Å². The smallest absolute Gasteiger partial charge is 0.277 e. The van der Waals surface area contributed by atoms with E-state index in [0.29, 0.717) is 13.1 Å². The van der Waals surface area contributed by atoms with Crippen LogP contribution >= 0.6 is 0 Å². The number of quaternary nitrogens is 1. The van der Waals surface area contributed by atoms with Gasteiger partial charge in [-0.15, -0.1) is 0 Å². The molecule has 0 aliphatic carbocycles. The molecule has 1 aromatic rings. The van der Waals surface area contributed by atoms with Crippen molar-refractivity contribution in [2.45, 2.75) is 18.7 Å². The van der Waals surface area contributed by atoms with Crippen molar-refractivity contribution in [3.05, 3.63) is 30.1 Å². The number of likely N-dealkylation sites (N-methyl/N-ethyl adjacent to an activating group) is 2. The third-order valence-electron chi connectivity index (χ3n) is 4.73. The summed E-state index contributed by atoms with van der Waals surface area (Å²) in [6.07, 6.45) is 0. The van der Waals surface area contributed by atoms with Crippen LogP contribution < -0.4 is 10.2 Å². The SMILES string of the molecule is CCNC(=O)C[NH+](CC)CC(=O)N1CCN(S(=O)(=O)c2ccc(F)cc2)CC1. The molecule has 2 N–H and O–H groups in total. The summed E-state index contributed by atoms with van der Waals surface area (Å²) in [6.45, 7) is 6.31. The molecule has 1 atom stereocenters. The average Bonchev–Trinajstić information content (AvgIpc) is 2.68. The van der Waals surface area contributed by atoms with Crippen molar-refractivity contribution in [3.8, 4) is 0 Å². The van der Waals surface area contributed by atoms with Crippen LogP contribution in [0.2, 0.25) is 0 Å². The van der Waals surface area contributed by atoms with Crippen LogP contribution in [-0.4, -0.2) is 81.8 Å². The minimum atomic E-state index is -3.71. The molecule has 0 saturated carbocycles. The third-order valence-corrected chi connectivity index (χ3v) is 6.64. The Morgan fingerprint density at radius 3 is 2.21 bits per heavy atom. The molecule has 1 saturated heterocycles. The van der Waals surface area contributed by atoms with Gasteiger partial charge in [0.15, 0.2) is 13.1 Å². The number of halogens is 1. The standard InChI is InChI=1S/C18H27FN4O4S/c1-3-20-17(24)13-21(4-2)14-18(25)22-9-11-23(12-10-22)28(26,27)16-7-5-15(19)6-8-16/h5-8H,3-4,9-14H2,1-2H3,(H,20,24)/p+1. The lowest BCUT2D eigenvalue weighted by Crippen LogP contribution is -3.14. The molecule has 156 valence electrons. The second-order valence-electron chi connectivity index (χ2n) is 6.65. The highest BCUT2D eigenvalue weighted by Crippen LogP contribution is 2.18. The van der Waals surface area contributed by atoms with E-state index in [9.17, 15) is 22.4 Å². The monoisotopic (exact) mass is 415 g/mol. The van der Waals surface area contributed by atoms with E-state index in [1.807, 2.05) is 13.8 Å². The van der Waals surface area contributed by atoms with Crippen molar-refractivity contribution in [1.82, 2.24) is 14.5 Å². The summed E-state index contributed by atoms with van der Waals surface area (Å²) in [5.74, 6) is -0.688. The van der Waals surface area contributed by atoms with Crippen LogP contribution in [0.3, 0.4) is 0 Å².